The summed E-state index contributed by atoms with van der Waals surface area (Å²) in [6.45, 7) is 1.41. The van der Waals surface area contributed by atoms with Gasteiger partial charge in [-0.05, 0) is 61.8 Å². The van der Waals surface area contributed by atoms with Crippen molar-refractivity contribution in [3.63, 3.8) is 0 Å². The standard InChI is InChI=1S/C27H31ClN2O7/c1-30(10-12-4-2-3-5-12)11-14-8-17(31)20-16(22(14)28)7-13-6-15-9-18(32)21(26(29)36)25(35)27(15,37)24(34)19(13)23(20)33/h8,12-13,15,31-32,34,37H,2-7,9-11H2,1H3,(H2,29,36)/t13?,15-,27?/m0/s1. The fraction of sp³-hybridized carbons (Fsp3) is 0.519. The van der Waals surface area contributed by atoms with Gasteiger partial charge in [0.1, 0.15) is 22.8 Å². The summed E-state index contributed by atoms with van der Waals surface area (Å²) in [5.74, 6) is -5.84. The maximum atomic E-state index is 13.6. The zero-order valence-corrected chi connectivity index (χ0v) is 21.3. The first-order chi connectivity index (χ1) is 17.4. The summed E-state index contributed by atoms with van der Waals surface area (Å²) in [7, 11) is 2.00. The normalized spacial score (nSPS) is 28.0. The topological polar surface area (TPSA) is 161 Å². The monoisotopic (exact) mass is 530 g/mol. The van der Waals surface area contributed by atoms with Crippen molar-refractivity contribution in [3.05, 3.63) is 50.4 Å². The Morgan fingerprint density at radius 3 is 2.51 bits per heavy atom. The first-order valence-electron chi connectivity index (χ1n) is 12.6. The Hall–Kier alpha value is -2.88. The van der Waals surface area contributed by atoms with E-state index in [4.69, 9.17) is 17.3 Å². The molecule has 3 atom stereocenters. The molecule has 1 aromatic rings. The Kier molecular flexibility index (Phi) is 6.37. The highest BCUT2D eigenvalue weighted by Crippen LogP contribution is 2.52. The van der Waals surface area contributed by atoms with E-state index in [0.29, 0.717) is 28.6 Å². The molecule has 0 bridgehead atoms. The van der Waals surface area contributed by atoms with Crippen molar-refractivity contribution in [3.8, 4) is 5.75 Å². The lowest BCUT2D eigenvalue weighted by molar-refractivity contribution is -0.144. The Morgan fingerprint density at radius 2 is 1.86 bits per heavy atom. The van der Waals surface area contributed by atoms with Crippen LogP contribution in [0.5, 0.6) is 5.75 Å². The summed E-state index contributed by atoms with van der Waals surface area (Å²) < 4.78 is 0. The van der Waals surface area contributed by atoms with Crippen LogP contribution in [0.1, 0.15) is 60.0 Å². The molecule has 0 aliphatic heterocycles. The van der Waals surface area contributed by atoms with Gasteiger partial charge in [0, 0.05) is 36.0 Å². The minimum Gasteiger partial charge on any atom is -0.511 e. The van der Waals surface area contributed by atoms with E-state index in [2.05, 4.69) is 4.90 Å². The molecule has 2 unspecified atom stereocenters. The van der Waals surface area contributed by atoms with Gasteiger partial charge in [0.15, 0.2) is 11.4 Å². The van der Waals surface area contributed by atoms with Gasteiger partial charge in [-0.2, -0.15) is 0 Å². The lowest BCUT2D eigenvalue weighted by Gasteiger charge is -2.45. The molecule has 6 N–H and O–H groups in total. The Bertz CT molecular complexity index is 1280. The molecule has 0 saturated heterocycles. The molecule has 37 heavy (non-hydrogen) atoms. The number of ketones is 2. The lowest BCUT2D eigenvalue weighted by Crippen LogP contribution is -2.57. The van der Waals surface area contributed by atoms with Gasteiger partial charge in [-0.25, -0.2) is 0 Å². The second kappa shape index (κ2) is 9.15. The van der Waals surface area contributed by atoms with Gasteiger partial charge >= 0.3 is 0 Å². The fourth-order valence-corrected chi connectivity index (χ4v) is 7.11. The quantitative estimate of drug-likeness (QED) is 0.363. The highest BCUT2D eigenvalue weighted by molar-refractivity contribution is 6.33. The number of carbonyl (C=O) groups is 3. The average molecular weight is 531 g/mol. The second-order valence-electron chi connectivity index (χ2n) is 11.0. The number of nitrogens with two attached hydrogens (primary N) is 1. The average Bonchev–Trinajstić information content (AvgIpc) is 3.32. The van der Waals surface area contributed by atoms with Gasteiger partial charge in [0.05, 0.1) is 5.56 Å². The number of benzene rings is 1. The number of fused-ring (bicyclic) bond motifs is 3. The third-order valence-electron chi connectivity index (χ3n) is 8.56. The number of aliphatic hydroxyl groups is 3. The second-order valence-corrected chi connectivity index (χ2v) is 11.4. The molecule has 0 aromatic heterocycles. The molecule has 5 rings (SSSR count). The van der Waals surface area contributed by atoms with Crippen molar-refractivity contribution in [2.24, 2.45) is 23.5 Å². The molecule has 1 fully saturated rings. The van der Waals surface area contributed by atoms with Gasteiger partial charge in [0.2, 0.25) is 5.78 Å². The number of carbonyl (C=O) groups excluding carboxylic acids is 3. The Labute approximate surface area is 219 Å². The summed E-state index contributed by atoms with van der Waals surface area (Å²) in [5.41, 5.74) is 2.76. The molecule has 198 valence electrons. The first-order valence-corrected chi connectivity index (χ1v) is 13.0. The summed E-state index contributed by atoms with van der Waals surface area (Å²) in [4.78, 5) is 40.5. The third-order valence-corrected chi connectivity index (χ3v) is 9.03. The molecular weight excluding hydrogens is 500 g/mol. The number of nitrogens with zero attached hydrogens (tertiary/aromatic N) is 1. The van der Waals surface area contributed by atoms with Crippen LogP contribution < -0.4 is 5.73 Å². The van der Waals surface area contributed by atoms with Gasteiger partial charge in [-0.1, -0.05) is 24.4 Å². The molecule has 1 saturated carbocycles. The minimum atomic E-state index is -2.57. The van der Waals surface area contributed by atoms with E-state index in [-0.39, 0.29) is 36.1 Å². The predicted molar refractivity (Wildman–Crippen MR) is 134 cm³/mol. The Morgan fingerprint density at radius 1 is 1.19 bits per heavy atom. The molecule has 10 heteroatoms. The number of aliphatic hydroxyl groups excluding tert-OH is 2. The van der Waals surface area contributed by atoms with Crippen LogP contribution in [0.4, 0.5) is 0 Å². The molecular formula is C27H31ClN2O7. The van der Waals surface area contributed by atoms with E-state index in [1.165, 1.54) is 31.7 Å². The van der Waals surface area contributed by atoms with Gasteiger partial charge in [-0.3, -0.25) is 14.4 Å². The van der Waals surface area contributed by atoms with E-state index in [1.807, 2.05) is 7.05 Å². The predicted octanol–water partition coefficient (Wildman–Crippen LogP) is 2.86. The number of hydrogen-bond acceptors (Lipinski definition) is 8. The fourth-order valence-electron chi connectivity index (χ4n) is 6.83. The van der Waals surface area contributed by atoms with Crippen LogP contribution in [0.3, 0.4) is 0 Å². The van der Waals surface area contributed by atoms with Crippen LogP contribution in [0.2, 0.25) is 5.02 Å². The Balaban J connectivity index is 1.51. The van der Waals surface area contributed by atoms with Crippen molar-refractivity contribution in [2.45, 2.75) is 57.1 Å². The van der Waals surface area contributed by atoms with E-state index in [0.717, 1.165) is 6.54 Å². The van der Waals surface area contributed by atoms with Crippen LogP contribution in [0.15, 0.2) is 28.7 Å². The van der Waals surface area contributed by atoms with Crippen LogP contribution >= 0.6 is 11.6 Å². The van der Waals surface area contributed by atoms with Crippen molar-refractivity contribution in [1.29, 1.82) is 0 Å². The molecule has 9 nitrogen and oxygen atoms in total. The van der Waals surface area contributed by atoms with Crippen molar-refractivity contribution < 1.29 is 34.8 Å². The zero-order chi connectivity index (χ0) is 26.8. The number of phenols is 1. The maximum absolute atomic E-state index is 13.6. The highest BCUT2D eigenvalue weighted by atomic mass is 35.5. The highest BCUT2D eigenvalue weighted by Gasteiger charge is 2.59. The molecule has 0 spiro atoms. The lowest BCUT2D eigenvalue weighted by atomic mass is 9.60. The van der Waals surface area contributed by atoms with Crippen LogP contribution in [-0.2, 0) is 22.6 Å². The SMILES string of the molecule is CN(Cc1cc(O)c2c(c1Cl)CC1C[C@H]3CC(O)=C(C(N)=O)C(=O)C3(O)C(O)=C1C2=O)CC1CCCC1. The summed E-state index contributed by atoms with van der Waals surface area (Å²) in [6, 6.07) is 1.46. The number of amides is 1. The maximum Gasteiger partial charge on any atom is 0.255 e. The van der Waals surface area contributed by atoms with E-state index >= 15 is 0 Å². The first kappa shape index (κ1) is 25.8. The number of phenolic OH excluding ortho intramolecular Hbond substituents is 1. The number of allylic oxidation sites excluding steroid dienone is 2. The summed E-state index contributed by atoms with van der Waals surface area (Å²) >= 11 is 6.79. The van der Waals surface area contributed by atoms with E-state index in [1.54, 1.807) is 0 Å². The van der Waals surface area contributed by atoms with Crippen LogP contribution in [-0.4, -0.2) is 62.0 Å². The van der Waals surface area contributed by atoms with E-state index in [9.17, 15) is 34.8 Å². The third kappa shape index (κ3) is 3.95. The molecule has 4 aliphatic carbocycles. The number of primary amides is 1. The molecule has 4 aliphatic rings. The number of aromatic hydroxyl groups is 1. The number of Topliss-reactive ketones (excluding diaryl/α,β-unsaturated/α-hetero) is 2. The van der Waals surface area contributed by atoms with Crippen molar-refractivity contribution in [1.82, 2.24) is 4.90 Å². The smallest absolute Gasteiger partial charge is 0.255 e. The number of hydrogen-bond donors (Lipinski definition) is 5. The molecule has 0 radical (unpaired) electrons. The summed E-state index contributed by atoms with van der Waals surface area (Å²) in [6.07, 6.45) is 4.88. The minimum absolute atomic E-state index is 0.0659. The molecule has 0 heterocycles. The molecule has 1 amide bonds. The van der Waals surface area contributed by atoms with E-state index < -0.39 is 52.0 Å². The largest absolute Gasteiger partial charge is 0.511 e. The van der Waals surface area contributed by atoms with Gasteiger partial charge in [-0.15, -0.1) is 0 Å². The number of halogens is 1. The van der Waals surface area contributed by atoms with Crippen molar-refractivity contribution in [2.75, 3.05) is 13.6 Å². The summed E-state index contributed by atoms with van der Waals surface area (Å²) in [5, 5.41) is 43.9. The zero-order valence-electron chi connectivity index (χ0n) is 20.6. The van der Waals surface area contributed by atoms with Crippen LogP contribution in [0, 0.1) is 17.8 Å². The van der Waals surface area contributed by atoms with Crippen LogP contribution in [0.25, 0.3) is 0 Å². The molecule has 1 aromatic carbocycles. The van der Waals surface area contributed by atoms with Gasteiger partial charge in [0.25, 0.3) is 5.91 Å². The van der Waals surface area contributed by atoms with Crippen molar-refractivity contribution >= 4 is 29.1 Å². The number of rotatable bonds is 5. The van der Waals surface area contributed by atoms with Gasteiger partial charge < -0.3 is 31.1 Å².